The second kappa shape index (κ2) is 15.8. The first-order valence-electron chi connectivity index (χ1n) is 12.2. The molecule has 2 aliphatic carbocycles. The Labute approximate surface area is 221 Å². The minimum Gasteiger partial charge on any atom is -0.0622 e. The molecule has 0 bridgehead atoms. The van der Waals surface area contributed by atoms with Crippen LogP contribution in [0.15, 0.2) is 94.1 Å². The molecule has 0 aliphatic heterocycles. The molecule has 0 saturated carbocycles. The van der Waals surface area contributed by atoms with Crippen LogP contribution in [-0.4, -0.2) is 4.82 Å². The summed E-state index contributed by atoms with van der Waals surface area (Å²) in [6.07, 6.45) is 8.98. The van der Waals surface area contributed by atoms with E-state index in [1.807, 2.05) is 0 Å². The molecule has 178 valence electrons. The van der Waals surface area contributed by atoms with Crippen LogP contribution in [0, 0.1) is 24.0 Å². The van der Waals surface area contributed by atoms with Crippen LogP contribution in [0.4, 0.5) is 0 Å². The van der Waals surface area contributed by atoms with Crippen molar-refractivity contribution in [3.05, 3.63) is 117 Å². The summed E-state index contributed by atoms with van der Waals surface area (Å²) in [5.74, 6) is 1.12. The standard InChI is InChI=1S/C14H14.2C9H13.CH2.Ti/c1-3-7-13(8-4-1)11-12-14-9-5-2-6-10-14;2*1-6-5-7(2)9(4)8(6)3;;/h1-10H,11-12H2;2*6H,1-4H3;1H2;/q;2*-1;;+2. The van der Waals surface area contributed by atoms with Gasteiger partial charge in [0.05, 0.1) is 0 Å². The summed E-state index contributed by atoms with van der Waals surface area (Å²) in [6.45, 7) is 17.3. The van der Waals surface area contributed by atoms with E-state index in [1.54, 1.807) is 20.0 Å². The summed E-state index contributed by atoms with van der Waals surface area (Å²) < 4.78 is 0. The van der Waals surface area contributed by atoms with Gasteiger partial charge in [-0.15, -0.1) is 13.8 Å². The van der Waals surface area contributed by atoms with Gasteiger partial charge in [0.2, 0.25) is 0 Å². The van der Waals surface area contributed by atoms with Crippen molar-refractivity contribution in [3.63, 3.8) is 0 Å². The van der Waals surface area contributed by atoms with Crippen molar-refractivity contribution in [3.8, 4) is 0 Å². The summed E-state index contributed by atoms with van der Waals surface area (Å²) in [4.78, 5) is 3.25. The van der Waals surface area contributed by atoms with Crippen molar-refractivity contribution in [2.75, 3.05) is 0 Å². The summed E-state index contributed by atoms with van der Waals surface area (Å²) in [6, 6.07) is 21.2. The molecule has 0 N–H and O–H groups in total. The van der Waals surface area contributed by atoms with Crippen molar-refractivity contribution in [1.82, 2.24) is 0 Å². The minimum absolute atomic E-state index is 0.560. The smallest absolute Gasteiger partial charge is 0.0238 e. The number of aryl methyl sites for hydroxylation is 2. The third-order valence-electron chi connectivity index (χ3n) is 6.86. The number of benzene rings is 2. The fourth-order valence-electron chi connectivity index (χ4n) is 3.90. The SMILES string of the molecule is CC1=[C-]C(C)C(C)=C1C.CC1=[C-]C(C)C(C)=C1C.[CH2]=[Ti+2].c1ccc(CCc2ccccc2)cc1. The fourth-order valence-corrected chi connectivity index (χ4v) is 3.90. The maximum absolute atomic E-state index is 3.36. The van der Waals surface area contributed by atoms with Gasteiger partial charge in [-0.3, -0.25) is 12.2 Å². The Morgan fingerprint density at radius 2 is 0.882 bits per heavy atom. The van der Waals surface area contributed by atoms with E-state index in [1.165, 1.54) is 44.6 Å². The van der Waals surface area contributed by atoms with E-state index >= 15 is 0 Å². The zero-order chi connectivity index (χ0) is 25.7. The molecule has 0 heterocycles. The van der Waals surface area contributed by atoms with E-state index in [2.05, 4.69) is 133 Å². The maximum atomic E-state index is 3.36. The molecule has 2 aromatic rings. The topological polar surface area (TPSA) is 0 Å². The van der Waals surface area contributed by atoms with Gasteiger partial charge in [0.25, 0.3) is 0 Å². The molecule has 2 aliphatic rings. The van der Waals surface area contributed by atoms with Gasteiger partial charge in [-0.2, -0.15) is 22.3 Å². The van der Waals surface area contributed by atoms with E-state index in [0.717, 1.165) is 12.8 Å². The molecular formula is C33H42Ti. The first-order chi connectivity index (χ1) is 16.2. The molecule has 2 unspecified atom stereocenters. The molecule has 0 aromatic heterocycles. The Kier molecular flexibility index (Phi) is 14.0. The molecule has 0 nitrogen and oxygen atoms in total. The molecular weight excluding hydrogens is 444 g/mol. The summed E-state index contributed by atoms with van der Waals surface area (Å²) in [5.41, 5.74) is 11.3. The Bertz CT molecular complexity index is 920. The fraction of sp³-hybridized carbons (Fsp3) is 0.364. The van der Waals surface area contributed by atoms with Crippen LogP contribution in [0.5, 0.6) is 0 Å². The minimum atomic E-state index is 0.560. The van der Waals surface area contributed by atoms with Gasteiger partial charge in [0, 0.05) is 0 Å². The van der Waals surface area contributed by atoms with Crippen molar-refractivity contribution in [2.45, 2.75) is 68.2 Å². The molecule has 2 atom stereocenters. The molecule has 34 heavy (non-hydrogen) atoms. The van der Waals surface area contributed by atoms with E-state index < -0.39 is 0 Å². The van der Waals surface area contributed by atoms with Crippen LogP contribution in [0.1, 0.15) is 66.5 Å². The molecule has 0 amide bonds. The van der Waals surface area contributed by atoms with Gasteiger partial charge in [-0.05, 0) is 24.0 Å². The van der Waals surface area contributed by atoms with Crippen LogP contribution in [-0.2, 0) is 32.8 Å². The molecule has 0 spiro atoms. The van der Waals surface area contributed by atoms with Crippen molar-refractivity contribution < 1.29 is 20.0 Å². The van der Waals surface area contributed by atoms with Crippen molar-refractivity contribution in [1.29, 1.82) is 0 Å². The van der Waals surface area contributed by atoms with Gasteiger partial charge < -0.3 is 0 Å². The van der Waals surface area contributed by atoms with Gasteiger partial charge >= 0.3 is 24.8 Å². The predicted octanol–water partition coefficient (Wildman–Crippen LogP) is 8.88. The van der Waals surface area contributed by atoms with Crippen LogP contribution in [0.25, 0.3) is 0 Å². The molecule has 2 aromatic carbocycles. The van der Waals surface area contributed by atoms with Crippen LogP contribution < -0.4 is 0 Å². The Hall–Kier alpha value is -2.02. The average Bonchev–Trinajstić information content (AvgIpc) is 3.23. The average molecular weight is 487 g/mol. The Morgan fingerprint density at radius 3 is 1.06 bits per heavy atom. The summed E-state index contributed by atoms with van der Waals surface area (Å²) in [5, 5.41) is 0. The van der Waals surface area contributed by atoms with Crippen LogP contribution in [0.3, 0.4) is 0 Å². The molecule has 4 rings (SSSR count). The second-order valence-electron chi connectivity index (χ2n) is 9.07. The zero-order valence-electron chi connectivity index (χ0n) is 22.5. The van der Waals surface area contributed by atoms with E-state index in [9.17, 15) is 0 Å². The first-order valence-corrected chi connectivity index (χ1v) is 13.3. The number of hydrogen-bond acceptors (Lipinski definition) is 0. The van der Waals surface area contributed by atoms with E-state index in [0.29, 0.717) is 11.8 Å². The third kappa shape index (κ3) is 9.69. The van der Waals surface area contributed by atoms with Gasteiger partial charge in [0.1, 0.15) is 0 Å². The molecule has 0 saturated heterocycles. The molecule has 0 radical (unpaired) electrons. The molecule has 0 fully saturated rings. The second-order valence-corrected chi connectivity index (χ2v) is 9.07. The number of hydrogen-bond donors (Lipinski definition) is 0. The van der Waals surface area contributed by atoms with Gasteiger partial charge in [0.15, 0.2) is 0 Å². The van der Waals surface area contributed by atoms with Gasteiger partial charge in [-0.25, -0.2) is 11.1 Å². The maximum Gasteiger partial charge on any atom is -0.0238 e. The Morgan fingerprint density at radius 1 is 0.588 bits per heavy atom. The normalized spacial score (nSPS) is 18.6. The quantitative estimate of drug-likeness (QED) is 0.300. The van der Waals surface area contributed by atoms with Crippen molar-refractivity contribution in [2.24, 2.45) is 11.8 Å². The third-order valence-corrected chi connectivity index (χ3v) is 6.86. The summed E-state index contributed by atoms with van der Waals surface area (Å²) >= 11 is 1.75. The number of rotatable bonds is 3. The Balaban J connectivity index is 0.000000255. The van der Waals surface area contributed by atoms with E-state index in [-0.39, 0.29) is 0 Å². The van der Waals surface area contributed by atoms with Crippen LogP contribution in [0.2, 0.25) is 0 Å². The van der Waals surface area contributed by atoms with E-state index in [4.69, 9.17) is 0 Å². The summed E-state index contributed by atoms with van der Waals surface area (Å²) in [7, 11) is 0. The molecule has 1 heteroatoms. The van der Waals surface area contributed by atoms with Gasteiger partial charge in [-0.1, -0.05) is 114 Å². The number of allylic oxidation sites excluding steroid dienone is 8. The first kappa shape index (κ1) is 30.0. The van der Waals surface area contributed by atoms with Crippen LogP contribution >= 0.6 is 0 Å². The zero-order valence-corrected chi connectivity index (χ0v) is 24.1. The predicted molar refractivity (Wildman–Crippen MR) is 147 cm³/mol. The van der Waals surface area contributed by atoms with Crippen molar-refractivity contribution >= 4 is 4.82 Å². The monoisotopic (exact) mass is 486 g/mol. The largest absolute Gasteiger partial charge is 0.0622 e.